The van der Waals surface area contributed by atoms with E-state index in [0.717, 1.165) is 51.6 Å². The Labute approximate surface area is 92.2 Å². The van der Waals surface area contributed by atoms with Crippen LogP contribution in [0, 0.1) is 0 Å². The fourth-order valence-electron chi connectivity index (χ4n) is 2.59. The molecular formula is C12H23NO2. The molecule has 1 aliphatic carbocycles. The first-order valence-electron chi connectivity index (χ1n) is 6.33. The third kappa shape index (κ3) is 3.44. The van der Waals surface area contributed by atoms with Gasteiger partial charge in [0.2, 0.25) is 0 Å². The first kappa shape index (κ1) is 11.4. The lowest BCUT2D eigenvalue weighted by Crippen LogP contribution is -2.40. The summed E-state index contributed by atoms with van der Waals surface area (Å²) in [5.41, 5.74) is -0.511. The lowest BCUT2D eigenvalue weighted by Gasteiger charge is -2.34. The van der Waals surface area contributed by atoms with Crippen LogP contribution in [0.25, 0.3) is 0 Å². The van der Waals surface area contributed by atoms with Gasteiger partial charge in [-0.2, -0.15) is 0 Å². The quantitative estimate of drug-likeness (QED) is 0.745. The van der Waals surface area contributed by atoms with Crippen molar-refractivity contribution in [3.05, 3.63) is 0 Å². The molecule has 15 heavy (non-hydrogen) atoms. The lowest BCUT2D eigenvalue weighted by molar-refractivity contribution is -0.0955. The summed E-state index contributed by atoms with van der Waals surface area (Å²) in [5, 5.41) is 13.6. The number of ether oxygens (including phenoxy) is 1. The number of hydrogen-bond acceptors (Lipinski definition) is 3. The third-order valence-corrected chi connectivity index (χ3v) is 3.66. The predicted octanol–water partition coefficient (Wildman–Crippen LogP) is 1.45. The van der Waals surface area contributed by atoms with Gasteiger partial charge in [-0.05, 0) is 38.8 Å². The summed E-state index contributed by atoms with van der Waals surface area (Å²) < 4.78 is 5.84. The molecule has 0 bridgehead atoms. The average Bonchev–Trinajstić information content (AvgIpc) is 2.29. The van der Waals surface area contributed by atoms with Crippen LogP contribution in [0.4, 0.5) is 0 Å². The van der Waals surface area contributed by atoms with Gasteiger partial charge in [0.25, 0.3) is 0 Å². The summed E-state index contributed by atoms with van der Waals surface area (Å²) in [6.45, 7) is 2.67. The molecule has 2 N–H and O–H groups in total. The molecule has 2 fully saturated rings. The van der Waals surface area contributed by atoms with Crippen LogP contribution in [0.1, 0.15) is 44.9 Å². The van der Waals surface area contributed by atoms with Gasteiger partial charge in [-0.25, -0.2) is 0 Å². The summed E-state index contributed by atoms with van der Waals surface area (Å²) in [6.07, 6.45) is 8.01. The van der Waals surface area contributed by atoms with Crippen LogP contribution >= 0.6 is 0 Å². The smallest absolute Gasteiger partial charge is 0.0880 e. The first-order chi connectivity index (χ1) is 7.29. The van der Waals surface area contributed by atoms with Gasteiger partial charge in [0.15, 0.2) is 0 Å². The SMILES string of the molecule is OC1(COC2CCNCC2)CCCCC1. The maximum atomic E-state index is 10.3. The highest BCUT2D eigenvalue weighted by Crippen LogP contribution is 2.28. The molecule has 1 saturated heterocycles. The standard InChI is InChI=1S/C12H23NO2/c14-12(6-2-1-3-7-12)10-15-11-4-8-13-9-5-11/h11,13-14H,1-10H2. The van der Waals surface area contributed by atoms with Gasteiger partial charge in [-0.3, -0.25) is 0 Å². The first-order valence-corrected chi connectivity index (χ1v) is 6.33. The number of rotatable bonds is 3. The van der Waals surface area contributed by atoms with E-state index in [0.29, 0.717) is 12.7 Å². The summed E-state index contributed by atoms with van der Waals surface area (Å²) in [5.74, 6) is 0. The average molecular weight is 213 g/mol. The zero-order chi connectivity index (χ0) is 10.6. The lowest BCUT2D eigenvalue weighted by atomic mass is 9.85. The van der Waals surface area contributed by atoms with Crippen molar-refractivity contribution >= 4 is 0 Å². The molecule has 0 radical (unpaired) electrons. The summed E-state index contributed by atoms with van der Waals surface area (Å²) in [6, 6.07) is 0. The molecule has 0 unspecified atom stereocenters. The Morgan fingerprint density at radius 1 is 1.13 bits per heavy atom. The highest BCUT2D eigenvalue weighted by molar-refractivity contribution is 4.82. The zero-order valence-corrected chi connectivity index (χ0v) is 9.50. The topological polar surface area (TPSA) is 41.5 Å². The molecule has 2 aliphatic rings. The van der Waals surface area contributed by atoms with Crippen molar-refractivity contribution in [1.29, 1.82) is 0 Å². The van der Waals surface area contributed by atoms with Gasteiger partial charge >= 0.3 is 0 Å². The third-order valence-electron chi connectivity index (χ3n) is 3.66. The van der Waals surface area contributed by atoms with E-state index in [2.05, 4.69) is 5.32 Å². The molecule has 88 valence electrons. The van der Waals surface area contributed by atoms with E-state index in [-0.39, 0.29) is 0 Å². The molecule has 0 aromatic heterocycles. The van der Waals surface area contributed by atoms with Crippen LogP contribution in [-0.4, -0.2) is 36.5 Å². The fourth-order valence-corrected chi connectivity index (χ4v) is 2.59. The monoisotopic (exact) mass is 213 g/mol. The molecule has 3 heteroatoms. The van der Waals surface area contributed by atoms with E-state index >= 15 is 0 Å². The molecule has 2 rings (SSSR count). The summed E-state index contributed by atoms with van der Waals surface area (Å²) in [4.78, 5) is 0. The molecule has 0 atom stereocenters. The molecule has 3 nitrogen and oxygen atoms in total. The van der Waals surface area contributed by atoms with Crippen molar-refractivity contribution in [3.63, 3.8) is 0 Å². The van der Waals surface area contributed by atoms with Gasteiger partial charge in [0.05, 0.1) is 18.3 Å². The van der Waals surface area contributed by atoms with Crippen LogP contribution in [0.3, 0.4) is 0 Å². The Balaban J connectivity index is 1.70. The molecule has 1 saturated carbocycles. The van der Waals surface area contributed by atoms with E-state index in [1.165, 1.54) is 6.42 Å². The van der Waals surface area contributed by atoms with Crippen LogP contribution in [0.5, 0.6) is 0 Å². The van der Waals surface area contributed by atoms with Crippen molar-refractivity contribution < 1.29 is 9.84 Å². The Hall–Kier alpha value is -0.120. The van der Waals surface area contributed by atoms with Crippen molar-refractivity contribution in [2.75, 3.05) is 19.7 Å². The second kappa shape index (κ2) is 5.28. The van der Waals surface area contributed by atoms with Crippen LogP contribution < -0.4 is 5.32 Å². The Morgan fingerprint density at radius 3 is 2.47 bits per heavy atom. The van der Waals surface area contributed by atoms with Gasteiger partial charge in [0, 0.05) is 0 Å². The Bertz CT molecular complexity index is 184. The zero-order valence-electron chi connectivity index (χ0n) is 9.50. The largest absolute Gasteiger partial charge is 0.387 e. The van der Waals surface area contributed by atoms with Crippen LogP contribution in [-0.2, 0) is 4.74 Å². The minimum atomic E-state index is -0.511. The Kier molecular flexibility index (Phi) is 4.00. The van der Waals surface area contributed by atoms with Crippen molar-refractivity contribution in [2.45, 2.75) is 56.7 Å². The predicted molar refractivity (Wildman–Crippen MR) is 59.9 cm³/mol. The van der Waals surface area contributed by atoms with Crippen LogP contribution in [0.2, 0.25) is 0 Å². The highest BCUT2D eigenvalue weighted by Gasteiger charge is 2.30. The molecule has 1 heterocycles. The van der Waals surface area contributed by atoms with Gasteiger partial charge in [0.1, 0.15) is 0 Å². The van der Waals surface area contributed by atoms with Gasteiger partial charge in [-0.1, -0.05) is 19.3 Å². The van der Waals surface area contributed by atoms with E-state index in [1.54, 1.807) is 0 Å². The minimum absolute atomic E-state index is 0.372. The van der Waals surface area contributed by atoms with E-state index < -0.39 is 5.60 Å². The highest BCUT2D eigenvalue weighted by atomic mass is 16.5. The second-order valence-corrected chi connectivity index (χ2v) is 5.05. The number of aliphatic hydroxyl groups is 1. The molecule has 0 spiro atoms. The number of piperidine rings is 1. The summed E-state index contributed by atoms with van der Waals surface area (Å²) in [7, 11) is 0. The summed E-state index contributed by atoms with van der Waals surface area (Å²) >= 11 is 0. The molecule has 1 aliphatic heterocycles. The number of nitrogens with one attached hydrogen (secondary N) is 1. The maximum Gasteiger partial charge on any atom is 0.0880 e. The van der Waals surface area contributed by atoms with Gasteiger partial charge in [-0.15, -0.1) is 0 Å². The molecule has 0 aromatic rings. The maximum absolute atomic E-state index is 10.3. The van der Waals surface area contributed by atoms with Gasteiger partial charge < -0.3 is 15.2 Å². The molecule has 0 amide bonds. The van der Waals surface area contributed by atoms with Crippen LogP contribution in [0.15, 0.2) is 0 Å². The van der Waals surface area contributed by atoms with Crippen molar-refractivity contribution in [1.82, 2.24) is 5.32 Å². The number of hydrogen-bond donors (Lipinski definition) is 2. The normalized spacial score (nSPS) is 27.8. The van der Waals surface area contributed by atoms with Crippen molar-refractivity contribution in [2.24, 2.45) is 0 Å². The van der Waals surface area contributed by atoms with E-state index in [4.69, 9.17) is 4.74 Å². The molecule has 0 aromatic carbocycles. The molecular weight excluding hydrogens is 190 g/mol. The fraction of sp³-hybridized carbons (Fsp3) is 1.00. The van der Waals surface area contributed by atoms with E-state index in [1.807, 2.05) is 0 Å². The second-order valence-electron chi connectivity index (χ2n) is 5.05. The van der Waals surface area contributed by atoms with Crippen molar-refractivity contribution in [3.8, 4) is 0 Å². The Morgan fingerprint density at radius 2 is 1.80 bits per heavy atom. The van der Waals surface area contributed by atoms with E-state index in [9.17, 15) is 5.11 Å². The minimum Gasteiger partial charge on any atom is -0.387 e.